The SMILES string of the molecule is Cn1cncc1CCNC(=O)c1cc2ccccc2n(-c2cccc(C(F)(F)F)c2)c1=O. The second kappa shape index (κ2) is 8.33. The van der Waals surface area contributed by atoms with Crippen LogP contribution in [0.4, 0.5) is 13.2 Å². The molecule has 0 radical (unpaired) electrons. The van der Waals surface area contributed by atoms with Gasteiger partial charge in [0, 0.05) is 37.6 Å². The Labute approximate surface area is 180 Å². The Kier molecular flexibility index (Phi) is 5.56. The van der Waals surface area contributed by atoms with Gasteiger partial charge in [-0.2, -0.15) is 13.2 Å². The number of benzene rings is 2. The lowest BCUT2D eigenvalue weighted by atomic mass is 10.1. The average molecular weight is 440 g/mol. The molecule has 0 saturated carbocycles. The molecular weight excluding hydrogens is 421 g/mol. The molecule has 6 nitrogen and oxygen atoms in total. The zero-order chi connectivity index (χ0) is 22.9. The molecule has 4 aromatic rings. The number of alkyl halides is 3. The molecule has 0 unspecified atom stereocenters. The zero-order valence-corrected chi connectivity index (χ0v) is 17.1. The van der Waals surface area contributed by atoms with E-state index in [0.717, 1.165) is 22.4 Å². The first-order valence-corrected chi connectivity index (χ1v) is 9.81. The number of carbonyl (C=O) groups is 1. The Morgan fingerprint density at radius 2 is 1.88 bits per heavy atom. The summed E-state index contributed by atoms with van der Waals surface area (Å²) < 4.78 is 42.7. The Bertz CT molecular complexity index is 1360. The Morgan fingerprint density at radius 1 is 1.09 bits per heavy atom. The van der Waals surface area contributed by atoms with Crippen molar-refractivity contribution in [3.63, 3.8) is 0 Å². The summed E-state index contributed by atoms with van der Waals surface area (Å²) in [6.45, 7) is 0.272. The molecule has 0 atom stereocenters. The van der Waals surface area contributed by atoms with Gasteiger partial charge in [-0.25, -0.2) is 4.98 Å². The van der Waals surface area contributed by atoms with Crippen molar-refractivity contribution in [3.8, 4) is 5.69 Å². The molecule has 2 aromatic heterocycles. The van der Waals surface area contributed by atoms with E-state index in [9.17, 15) is 22.8 Å². The topological polar surface area (TPSA) is 68.9 Å². The molecule has 0 saturated heterocycles. The molecular formula is C23H19F3N4O2. The van der Waals surface area contributed by atoms with Crippen LogP contribution in [0.5, 0.6) is 0 Å². The predicted molar refractivity (Wildman–Crippen MR) is 114 cm³/mol. The molecule has 9 heteroatoms. The van der Waals surface area contributed by atoms with Gasteiger partial charge < -0.3 is 9.88 Å². The van der Waals surface area contributed by atoms with Crippen LogP contribution in [0.2, 0.25) is 0 Å². The first-order chi connectivity index (χ1) is 15.3. The lowest BCUT2D eigenvalue weighted by Crippen LogP contribution is -2.34. The van der Waals surface area contributed by atoms with Crippen LogP contribution in [0.1, 0.15) is 21.6 Å². The van der Waals surface area contributed by atoms with Gasteiger partial charge in [-0.3, -0.25) is 14.2 Å². The average Bonchev–Trinajstić information content (AvgIpc) is 3.17. The number of aromatic nitrogens is 3. The fourth-order valence-electron chi connectivity index (χ4n) is 3.53. The summed E-state index contributed by atoms with van der Waals surface area (Å²) >= 11 is 0. The van der Waals surface area contributed by atoms with Gasteiger partial charge in [-0.15, -0.1) is 0 Å². The van der Waals surface area contributed by atoms with E-state index < -0.39 is 23.2 Å². The Hall–Kier alpha value is -3.88. The quantitative estimate of drug-likeness (QED) is 0.514. The number of rotatable bonds is 5. The molecule has 0 bridgehead atoms. The molecule has 4 rings (SSSR count). The van der Waals surface area contributed by atoms with E-state index >= 15 is 0 Å². The zero-order valence-electron chi connectivity index (χ0n) is 17.1. The van der Waals surface area contributed by atoms with E-state index in [-0.39, 0.29) is 17.8 Å². The number of halogens is 3. The number of fused-ring (bicyclic) bond motifs is 1. The third kappa shape index (κ3) is 4.14. The van der Waals surface area contributed by atoms with Crippen LogP contribution in [0.3, 0.4) is 0 Å². The Balaban J connectivity index is 1.74. The van der Waals surface area contributed by atoms with Gasteiger partial charge in [0.05, 0.1) is 17.4 Å². The number of carbonyl (C=O) groups excluding carboxylic acids is 1. The van der Waals surface area contributed by atoms with Gasteiger partial charge in [-0.05, 0) is 35.7 Å². The van der Waals surface area contributed by atoms with Gasteiger partial charge in [0.25, 0.3) is 11.5 Å². The number of hydrogen-bond donors (Lipinski definition) is 1. The van der Waals surface area contributed by atoms with Crippen molar-refractivity contribution in [1.29, 1.82) is 0 Å². The summed E-state index contributed by atoms with van der Waals surface area (Å²) in [5.74, 6) is -0.594. The van der Waals surface area contributed by atoms with Crippen molar-refractivity contribution in [3.05, 3.63) is 94.3 Å². The third-order valence-electron chi connectivity index (χ3n) is 5.17. The smallest absolute Gasteiger partial charge is 0.351 e. The van der Waals surface area contributed by atoms with E-state index in [1.165, 1.54) is 18.2 Å². The molecule has 0 aliphatic heterocycles. The van der Waals surface area contributed by atoms with Crippen LogP contribution < -0.4 is 10.9 Å². The number of nitrogens with one attached hydrogen (secondary N) is 1. The van der Waals surface area contributed by atoms with Crippen LogP contribution in [-0.4, -0.2) is 26.6 Å². The molecule has 164 valence electrons. The molecule has 0 aliphatic carbocycles. The summed E-state index contributed by atoms with van der Waals surface area (Å²) in [4.78, 5) is 30.1. The maximum atomic E-state index is 13.2. The van der Waals surface area contributed by atoms with Gasteiger partial charge in [-0.1, -0.05) is 24.3 Å². The molecule has 1 N–H and O–H groups in total. The number of pyridine rings is 1. The normalized spacial score (nSPS) is 11.6. The molecule has 1 amide bonds. The highest BCUT2D eigenvalue weighted by molar-refractivity contribution is 5.97. The van der Waals surface area contributed by atoms with Crippen LogP contribution in [0.25, 0.3) is 16.6 Å². The highest BCUT2D eigenvalue weighted by Gasteiger charge is 2.30. The summed E-state index contributed by atoms with van der Waals surface area (Å²) in [6.07, 6.45) is -0.717. The molecule has 2 aromatic carbocycles. The van der Waals surface area contributed by atoms with Crippen molar-refractivity contribution >= 4 is 16.8 Å². The second-order valence-electron chi connectivity index (χ2n) is 7.31. The first kappa shape index (κ1) is 21.4. The first-order valence-electron chi connectivity index (χ1n) is 9.81. The summed E-state index contributed by atoms with van der Waals surface area (Å²) in [5, 5.41) is 3.27. The van der Waals surface area contributed by atoms with Crippen molar-refractivity contribution in [2.24, 2.45) is 7.05 Å². The van der Waals surface area contributed by atoms with E-state index in [2.05, 4.69) is 10.3 Å². The maximum Gasteiger partial charge on any atom is 0.416 e. The summed E-state index contributed by atoms with van der Waals surface area (Å²) in [7, 11) is 1.83. The number of aryl methyl sites for hydroxylation is 1. The lowest BCUT2D eigenvalue weighted by Gasteiger charge is -2.15. The van der Waals surface area contributed by atoms with E-state index in [1.807, 2.05) is 11.6 Å². The number of para-hydroxylation sites is 1. The standard InChI is InChI=1S/C23H19F3N4O2/c1-29-14-27-13-18(29)9-10-28-21(31)19-11-15-5-2-3-8-20(15)30(22(19)32)17-7-4-6-16(12-17)23(24,25)26/h2-8,11-14H,9-10H2,1H3,(H,28,31). The van der Waals surface area contributed by atoms with Gasteiger partial charge in [0.2, 0.25) is 0 Å². The minimum atomic E-state index is -4.56. The molecule has 0 aliphatic rings. The number of hydrogen-bond acceptors (Lipinski definition) is 3. The monoisotopic (exact) mass is 440 g/mol. The lowest BCUT2D eigenvalue weighted by molar-refractivity contribution is -0.137. The highest BCUT2D eigenvalue weighted by atomic mass is 19.4. The van der Waals surface area contributed by atoms with Gasteiger partial charge >= 0.3 is 6.18 Å². The molecule has 32 heavy (non-hydrogen) atoms. The highest BCUT2D eigenvalue weighted by Crippen LogP contribution is 2.30. The van der Waals surface area contributed by atoms with Gasteiger partial charge in [0.1, 0.15) is 5.56 Å². The van der Waals surface area contributed by atoms with Crippen LogP contribution in [0, 0.1) is 0 Å². The fourth-order valence-corrected chi connectivity index (χ4v) is 3.53. The van der Waals surface area contributed by atoms with Crippen molar-refractivity contribution in [1.82, 2.24) is 19.4 Å². The second-order valence-corrected chi connectivity index (χ2v) is 7.31. The molecule has 2 heterocycles. The van der Waals surface area contributed by atoms with Crippen molar-refractivity contribution in [2.75, 3.05) is 6.54 Å². The minimum Gasteiger partial charge on any atom is -0.351 e. The number of imidazole rings is 1. The van der Waals surface area contributed by atoms with Crippen molar-refractivity contribution in [2.45, 2.75) is 12.6 Å². The van der Waals surface area contributed by atoms with Crippen LogP contribution >= 0.6 is 0 Å². The van der Waals surface area contributed by atoms with E-state index in [4.69, 9.17) is 0 Å². The van der Waals surface area contributed by atoms with Crippen molar-refractivity contribution < 1.29 is 18.0 Å². The Morgan fingerprint density at radius 3 is 2.59 bits per heavy atom. The minimum absolute atomic E-state index is 0.0329. The van der Waals surface area contributed by atoms with E-state index in [1.54, 1.807) is 36.8 Å². The molecule has 0 fully saturated rings. The maximum absolute atomic E-state index is 13.2. The van der Waals surface area contributed by atoms with Crippen LogP contribution in [-0.2, 0) is 19.6 Å². The summed E-state index contributed by atoms with van der Waals surface area (Å²) in [5.41, 5.74) is -0.372. The third-order valence-corrected chi connectivity index (χ3v) is 5.17. The van der Waals surface area contributed by atoms with E-state index in [0.29, 0.717) is 17.3 Å². The summed E-state index contributed by atoms with van der Waals surface area (Å²) in [6, 6.07) is 12.7. The fraction of sp³-hybridized carbons (Fsp3) is 0.174. The van der Waals surface area contributed by atoms with Gasteiger partial charge in [0.15, 0.2) is 0 Å². The molecule has 0 spiro atoms. The largest absolute Gasteiger partial charge is 0.416 e. The van der Waals surface area contributed by atoms with Crippen LogP contribution in [0.15, 0.2) is 71.9 Å². The number of nitrogens with zero attached hydrogens (tertiary/aromatic N) is 3. The predicted octanol–water partition coefficient (Wildman–Crippen LogP) is 3.72. The number of amides is 1.